The summed E-state index contributed by atoms with van der Waals surface area (Å²) in [6.45, 7) is 1.51. The Hall–Kier alpha value is -2.56. The van der Waals surface area contributed by atoms with Crippen LogP contribution in [0.5, 0.6) is 0 Å². The molecule has 2 aliphatic rings. The summed E-state index contributed by atoms with van der Waals surface area (Å²) in [5.41, 5.74) is 6.14. The van der Waals surface area contributed by atoms with E-state index in [1.165, 1.54) is 39.8 Å². The van der Waals surface area contributed by atoms with Crippen LogP contribution in [0.3, 0.4) is 0 Å². The van der Waals surface area contributed by atoms with Crippen molar-refractivity contribution in [3.05, 3.63) is 71.3 Å². The number of hydrogen-bond acceptors (Lipinski definition) is 5. The van der Waals surface area contributed by atoms with Gasteiger partial charge in [-0.3, -0.25) is 9.59 Å². The van der Waals surface area contributed by atoms with Gasteiger partial charge in [-0.2, -0.15) is 13.2 Å². The van der Waals surface area contributed by atoms with E-state index in [4.69, 9.17) is 5.73 Å². The Morgan fingerprint density at radius 1 is 1.21 bits per heavy atom. The fourth-order valence-electron chi connectivity index (χ4n) is 4.41. The number of carbonyl (C=O) groups excluding carboxylic acids is 2. The van der Waals surface area contributed by atoms with Crippen molar-refractivity contribution in [3.63, 3.8) is 0 Å². The number of aliphatic hydroxyl groups is 1. The predicted octanol–water partition coefficient (Wildman–Crippen LogP) is 2.60. The Kier molecular flexibility index (Phi) is 6.19. The molecule has 2 aromatic carbocycles. The smallest absolute Gasteiger partial charge is 0.382 e. The summed E-state index contributed by atoms with van der Waals surface area (Å²) in [6, 6.07) is 12.6. The zero-order valence-electron chi connectivity index (χ0n) is 17.8. The SMILES string of the molecule is CC12SCN(C(=O)[C@@H](O)[C@@H](N)Cc3ccccc3)[C@@H]1C(=O)N2Cc1ccccc1C(F)(F)F. The van der Waals surface area contributed by atoms with E-state index < -0.39 is 46.6 Å². The molecule has 2 fully saturated rings. The third-order valence-corrected chi connectivity index (χ3v) is 7.69. The second kappa shape index (κ2) is 8.66. The molecule has 0 bridgehead atoms. The molecule has 0 spiro atoms. The number of hydrogen-bond donors (Lipinski definition) is 2. The van der Waals surface area contributed by atoms with E-state index in [1.54, 1.807) is 6.92 Å². The van der Waals surface area contributed by atoms with Gasteiger partial charge in [0.05, 0.1) is 11.4 Å². The first-order valence-corrected chi connectivity index (χ1v) is 11.4. The van der Waals surface area contributed by atoms with Gasteiger partial charge in [0, 0.05) is 12.6 Å². The summed E-state index contributed by atoms with van der Waals surface area (Å²) < 4.78 is 40.1. The van der Waals surface area contributed by atoms with Gasteiger partial charge in [0.15, 0.2) is 0 Å². The summed E-state index contributed by atoms with van der Waals surface area (Å²) in [5, 5.41) is 10.6. The Morgan fingerprint density at radius 2 is 1.85 bits per heavy atom. The van der Waals surface area contributed by atoms with Gasteiger partial charge in [0.2, 0.25) is 5.91 Å². The number of thioether (sulfide) groups is 1. The highest BCUT2D eigenvalue weighted by molar-refractivity contribution is 8.01. The number of alkyl halides is 3. The molecule has 176 valence electrons. The molecule has 0 radical (unpaired) electrons. The number of likely N-dealkylation sites (tertiary alicyclic amines) is 1. The molecule has 2 aromatic rings. The zero-order chi connectivity index (χ0) is 24.0. The van der Waals surface area contributed by atoms with Crippen molar-refractivity contribution in [3.8, 4) is 0 Å². The van der Waals surface area contributed by atoms with Crippen molar-refractivity contribution in [1.82, 2.24) is 9.80 Å². The summed E-state index contributed by atoms with van der Waals surface area (Å²) >= 11 is 1.29. The lowest BCUT2D eigenvalue weighted by Crippen LogP contribution is -2.73. The molecule has 1 unspecified atom stereocenters. The van der Waals surface area contributed by atoms with Crippen molar-refractivity contribution in [1.29, 1.82) is 0 Å². The van der Waals surface area contributed by atoms with Crippen LogP contribution in [0.2, 0.25) is 0 Å². The van der Waals surface area contributed by atoms with Crippen LogP contribution in [0.15, 0.2) is 54.6 Å². The van der Waals surface area contributed by atoms with Crippen molar-refractivity contribution < 1.29 is 27.9 Å². The number of fused-ring (bicyclic) bond motifs is 1. The van der Waals surface area contributed by atoms with Gasteiger partial charge in [0.25, 0.3) is 5.91 Å². The van der Waals surface area contributed by atoms with Gasteiger partial charge in [-0.15, -0.1) is 11.8 Å². The molecule has 4 rings (SSSR count). The number of rotatable bonds is 6. The molecule has 4 atom stereocenters. The maximum absolute atomic E-state index is 13.4. The number of nitrogens with zero attached hydrogens (tertiary/aromatic N) is 2. The number of amides is 2. The highest BCUT2D eigenvalue weighted by atomic mass is 32.2. The third kappa shape index (κ3) is 4.22. The van der Waals surface area contributed by atoms with E-state index in [0.717, 1.165) is 11.6 Å². The summed E-state index contributed by atoms with van der Waals surface area (Å²) in [7, 11) is 0. The van der Waals surface area contributed by atoms with Crippen LogP contribution in [-0.2, 0) is 28.7 Å². The molecule has 2 amide bonds. The van der Waals surface area contributed by atoms with Crippen molar-refractivity contribution in [2.75, 3.05) is 5.88 Å². The van der Waals surface area contributed by atoms with Crippen LogP contribution in [0, 0.1) is 0 Å². The first-order valence-electron chi connectivity index (χ1n) is 10.4. The number of aliphatic hydroxyl groups excluding tert-OH is 1. The number of β-lactam (4-membered cyclic amide) rings is 1. The van der Waals surface area contributed by atoms with Crippen LogP contribution in [0.1, 0.15) is 23.6 Å². The van der Waals surface area contributed by atoms with Gasteiger partial charge < -0.3 is 20.6 Å². The van der Waals surface area contributed by atoms with E-state index in [0.29, 0.717) is 0 Å². The second-order valence-electron chi connectivity index (χ2n) is 8.42. The summed E-state index contributed by atoms with van der Waals surface area (Å²) in [5.74, 6) is -0.960. The molecule has 2 heterocycles. The number of halogens is 3. The quantitative estimate of drug-likeness (QED) is 0.622. The minimum atomic E-state index is -4.53. The molecular weight excluding hydrogens is 455 g/mol. The zero-order valence-corrected chi connectivity index (χ0v) is 18.6. The highest BCUT2D eigenvalue weighted by Crippen LogP contribution is 2.51. The fraction of sp³-hybridized carbons (Fsp3) is 0.391. The van der Waals surface area contributed by atoms with Gasteiger partial charge in [-0.1, -0.05) is 48.5 Å². The average Bonchev–Trinajstić information content (AvgIpc) is 3.10. The normalized spacial score (nSPS) is 24.3. The topological polar surface area (TPSA) is 86.9 Å². The van der Waals surface area contributed by atoms with Crippen LogP contribution >= 0.6 is 11.8 Å². The van der Waals surface area contributed by atoms with E-state index >= 15 is 0 Å². The lowest BCUT2D eigenvalue weighted by atomic mass is 9.91. The van der Waals surface area contributed by atoms with Crippen molar-refractivity contribution in [2.45, 2.75) is 49.1 Å². The average molecular weight is 480 g/mol. The maximum Gasteiger partial charge on any atom is 0.416 e. The molecule has 0 saturated carbocycles. The largest absolute Gasteiger partial charge is 0.416 e. The fourth-order valence-corrected chi connectivity index (χ4v) is 5.79. The molecule has 2 saturated heterocycles. The number of benzene rings is 2. The van der Waals surface area contributed by atoms with Crippen molar-refractivity contribution >= 4 is 23.6 Å². The van der Waals surface area contributed by atoms with Crippen molar-refractivity contribution in [2.24, 2.45) is 5.73 Å². The Bertz CT molecular complexity index is 1050. The highest BCUT2D eigenvalue weighted by Gasteiger charge is 2.65. The number of carbonyl (C=O) groups is 2. The maximum atomic E-state index is 13.4. The first-order chi connectivity index (χ1) is 15.5. The lowest BCUT2D eigenvalue weighted by molar-refractivity contribution is -0.168. The minimum Gasteiger partial charge on any atom is -0.382 e. The molecule has 0 aliphatic carbocycles. The van der Waals surface area contributed by atoms with E-state index in [2.05, 4.69) is 0 Å². The summed E-state index contributed by atoms with van der Waals surface area (Å²) in [6.07, 6.45) is -5.75. The summed E-state index contributed by atoms with van der Waals surface area (Å²) in [4.78, 5) is 27.7. The lowest BCUT2D eigenvalue weighted by Gasteiger charge is -2.53. The standard InChI is InChI=1S/C23H24F3N3O3S/c1-22-19(21(32)29(22)12-15-9-5-6-10-16(15)23(24,25)26)28(13-33-22)20(31)18(30)17(27)11-14-7-3-2-4-8-14/h2-10,17-19,30H,11-13,27H2,1H3/t17-,18-,19+,22?/m0/s1. The predicted molar refractivity (Wildman–Crippen MR) is 118 cm³/mol. The van der Waals surface area contributed by atoms with E-state index in [1.807, 2.05) is 30.3 Å². The molecule has 10 heteroatoms. The molecule has 6 nitrogen and oxygen atoms in total. The Morgan fingerprint density at radius 3 is 2.52 bits per heavy atom. The van der Waals surface area contributed by atoms with Crippen LogP contribution in [0.25, 0.3) is 0 Å². The van der Waals surface area contributed by atoms with Crippen LogP contribution < -0.4 is 5.73 Å². The van der Waals surface area contributed by atoms with Gasteiger partial charge >= 0.3 is 6.18 Å². The number of nitrogens with two attached hydrogens (primary N) is 1. The van der Waals surface area contributed by atoms with E-state index in [9.17, 15) is 27.9 Å². The second-order valence-corrected chi connectivity index (χ2v) is 9.79. The van der Waals surface area contributed by atoms with Gasteiger partial charge in [0.1, 0.15) is 17.0 Å². The monoisotopic (exact) mass is 479 g/mol. The minimum absolute atomic E-state index is 0.00619. The molecule has 3 N–H and O–H groups in total. The van der Waals surface area contributed by atoms with Gasteiger partial charge in [-0.25, -0.2) is 0 Å². The Labute approximate surface area is 193 Å². The third-order valence-electron chi connectivity index (χ3n) is 6.26. The van der Waals surface area contributed by atoms with Crippen LogP contribution in [-0.4, -0.2) is 55.7 Å². The molecule has 0 aromatic heterocycles. The Balaban J connectivity index is 1.46. The van der Waals surface area contributed by atoms with Crippen LogP contribution in [0.4, 0.5) is 13.2 Å². The molecular formula is C23H24F3N3O3S. The molecule has 33 heavy (non-hydrogen) atoms. The van der Waals surface area contributed by atoms with E-state index in [-0.39, 0.29) is 24.4 Å². The first kappa shape index (κ1) is 23.6. The van der Waals surface area contributed by atoms with Gasteiger partial charge in [-0.05, 0) is 30.5 Å². The molecule has 2 aliphatic heterocycles.